The Bertz CT molecular complexity index is 1370. The number of carbonyl (C=O) groups is 1. The Morgan fingerprint density at radius 2 is 1.77 bits per heavy atom. The lowest BCUT2D eigenvalue weighted by atomic mass is 10.1. The number of nitrogens with one attached hydrogen (secondary N) is 1. The van der Waals surface area contributed by atoms with Crippen molar-refractivity contribution >= 4 is 54.8 Å². The molecule has 1 N–H and O–H groups in total. The zero-order chi connectivity index (χ0) is 24.6. The number of rotatable bonds is 9. The zero-order valence-corrected chi connectivity index (χ0v) is 22.0. The molecule has 0 unspecified atom stereocenters. The number of amides is 1. The molecule has 6 nitrogen and oxygen atoms in total. The Balaban J connectivity index is 1.38. The number of hydrazone groups is 1. The summed E-state index contributed by atoms with van der Waals surface area (Å²) in [4.78, 5) is 12.3. The lowest BCUT2D eigenvalue weighted by Crippen LogP contribution is -2.24. The van der Waals surface area contributed by atoms with Gasteiger partial charge in [0.1, 0.15) is 23.9 Å². The van der Waals surface area contributed by atoms with E-state index in [0.29, 0.717) is 29.4 Å². The van der Waals surface area contributed by atoms with Crippen molar-refractivity contribution < 1.29 is 19.0 Å². The van der Waals surface area contributed by atoms with Gasteiger partial charge in [0.15, 0.2) is 6.61 Å². The molecule has 0 aromatic heterocycles. The van der Waals surface area contributed by atoms with E-state index in [1.165, 1.54) is 6.21 Å². The third kappa shape index (κ3) is 6.61. The SMILES string of the molecule is COc1ccc(OCc2cccc(Br)c2)c(/C=N\NC(=O)COc2ccc3ccccc3c2Br)c1. The Morgan fingerprint density at radius 3 is 2.60 bits per heavy atom. The summed E-state index contributed by atoms with van der Waals surface area (Å²) in [5, 5.41) is 6.16. The highest BCUT2D eigenvalue weighted by Gasteiger charge is 2.09. The topological polar surface area (TPSA) is 69.2 Å². The standard InChI is InChI=1S/C27H22Br2N2O4/c1-33-22-10-12-24(34-16-18-5-4-7-21(28)13-18)20(14-22)15-30-31-26(32)17-35-25-11-9-19-6-2-3-8-23(19)27(25)29/h2-15H,16-17H2,1H3,(H,31,32)/b30-15-. The van der Waals surface area contributed by atoms with Crippen LogP contribution in [0.2, 0.25) is 0 Å². The quantitative estimate of drug-likeness (QED) is 0.177. The van der Waals surface area contributed by atoms with Crippen molar-refractivity contribution in [3.05, 3.63) is 98.9 Å². The number of halogens is 2. The molecule has 1 amide bonds. The van der Waals surface area contributed by atoms with Crippen LogP contribution in [0.4, 0.5) is 0 Å². The molecule has 0 spiro atoms. The normalized spacial score (nSPS) is 10.9. The summed E-state index contributed by atoms with van der Waals surface area (Å²) in [6, 6.07) is 25.0. The van der Waals surface area contributed by atoms with Gasteiger partial charge in [0, 0.05) is 10.0 Å². The van der Waals surface area contributed by atoms with Crippen LogP contribution >= 0.6 is 31.9 Å². The van der Waals surface area contributed by atoms with E-state index in [-0.39, 0.29) is 12.5 Å². The second kappa shape index (κ2) is 11.9. The van der Waals surface area contributed by atoms with Gasteiger partial charge in [-0.2, -0.15) is 5.10 Å². The molecule has 0 saturated carbocycles. The Kier molecular flexibility index (Phi) is 8.39. The number of ether oxygens (including phenoxy) is 3. The van der Waals surface area contributed by atoms with Gasteiger partial charge in [-0.3, -0.25) is 4.79 Å². The maximum absolute atomic E-state index is 12.3. The molecule has 35 heavy (non-hydrogen) atoms. The molecule has 0 heterocycles. The summed E-state index contributed by atoms with van der Waals surface area (Å²) in [5.74, 6) is 1.46. The van der Waals surface area contributed by atoms with Crippen LogP contribution in [-0.4, -0.2) is 25.8 Å². The summed E-state index contributed by atoms with van der Waals surface area (Å²) in [7, 11) is 1.59. The van der Waals surface area contributed by atoms with Crippen LogP contribution in [0.3, 0.4) is 0 Å². The number of nitrogens with zero attached hydrogens (tertiary/aromatic N) is 1. The van der Waals surface area contributed by atoms with E-state index in [1.807, 2.05) is 60.7 Å². The van der Waals surface area contributed by atoms with E-state index in [2.05, 4.69) is 42.4 Å². The minimum absolute atomic E-state index is 0.182. The average Bonchev–Trinajstić information content (AvgIpc) is 2.87. The summed E-state index contributed by atoms with van der Waals surface area (Å²) >= 11 is 7.02. The van der Waals surface area contributed by atoms with Gasteiger partial charge >= 0.3 is 0 Å². The van der Waals surface area contributed by atoms with E-state index >= 15 is 0 Å². The Labute approximate surface area is 220 Å². The van der Waals surface area contributed by atoms with E-state index in [4.69, 9.17) is 14.2 Å². The maximum Gasteiger partial charge on any atom is 0.277 e. The number of benzene rings is 4. The molecule has 4 aromatic carbocycles. The fraction of sp³-hybridized carbons (Fsp3) is 0.111. The number of carbonyl (C=O) groups excluding carboxylic acids is 1. The van der Waals surface area contributed by atoms with E-state index in [9.17, 15) is 4.79 Å². The van der Waals surface area contributed by atoms with Crippen LogP contribution in [0.25, 0.3) is 10.8 Å². The van der Waals surface area contributed by atoms with Crippen molar-refractivity contribution in [1.29, 1.82) is 0 Å². The van der Waals surface area contributed by atoms with Crippen molar-refractivity contribution in [3.63, 3.8) is 0 Å². The highest BCUT2D eigenvalue weighted by atomic mass is 79.9. The van der Waals surface area contributed by atoms with Gasteiger partial charge in [-0.05, 0) is 68.7 Å². The molecule has 0 bridgehead atoms. The van der Waals surface area contributed by atoms with Gasteiger partial charge in [-0.25, -0.2) is 5.43 Å². The van der Waals surface area contributed by atoms with Crippen LogP contribution in [0.5, 0.6) is 17.2 Å². The predicted molar refractivity (Wildman–Crippen MR) is 144 cm³/mol. The summed E-state index contributed by atoms with van der Waals surface area (Å²) < 4.78 is 18.8. The first kappa shape index (κ1) is 24.8. The molecular formula is C27H22Br2N2O4. The largest absolute Gasteiger partial charge is 0.497 e. The maximum atomic E-state index is 12.3. The number of fused-ring (bicyclic) bond motifs is 1. The van der Waals surface area contributed by atoms with Crippen LogP contribution in [0, 0.1) is 0 Å². The molecule has 178 valence electrons. The van der Waals surface area contributed by atoms with Gasteiger partial charge in [0.05, 0.1) is 17.8 Å². The van der Waals surface area contributed by atoms with Gasteiger partial charge in [0.25, 0.3) is 5.91 Å². The third-order valence-corrected chi connectivity index (χ3v) is 6.39. The van der Waals surface area contributed by atoms with Crippen molar-refractivity contribution in [3.8, 4) is 17.2 Å². The molecule has 0 aliphatic rings. The average molecular weight is 598 g/mol. The number of methoxy groups -OCH3 is 1. The van der Waals surface area contributed by atoms with E-state index in [1.54, 1.807) is 25.3 Å². The van der Waals surface area contributed by atoms with Crippen molar-refractivity contribution in [1.82, 2.24) is 5.43 Å². The van der Waals surface area contributed by atoms with E-state index < -0.39 is 0 Å². The first-order valence-electron chi connectivity index (χ1n) is 10.7. The van der Waals surface area contributed by atoms with Crippen LogP contribution in [0.15, 0.2) is 92.9 Å². The van der Waals surface area contributed by atoms with Gasteiger partial charge < -0.3 is 14.2 Å². The molecule has 0 fully saturated rings. The minimum atomic E-state index is -0.388. The molecule has 0 radical (unpaired) electrons. The highest BCUT2D eigenvalue weighted by molar-refractivity contribution is 9.11. The molecule has 4 rings (SSSR count). The molecule has 4 aromatic rings. The van der Waals surface area contributed by atoms with E-state index in [0.717, 1.165) is 25.3 Å². The minimum Gasteiger partial charge on any atom is -0.497 e. The summed E-state index contributed by atoms with van der Waals surface area (Å²) in [6.45, 7) is 0.200. The molecule has 0 saturated heterocycles. The third-order valence-electron chi connectivity index (χ3n) is 5.08. The van der Waals surface area contributed by atoms with Crippen LogP contribution in [0.1, 0.15) is 11.1 Å². The second-order valence-electron chi connectivity index (χ2n) is 7.50. The van der Waals surface area contributed by atoms with Gasteiger partial charge in [0.2, 0.25) is 0 Å². The fourth-order valence-electron chi connectivity index (χ4n) is 3.35. The Morgan fingerprint density at radius 1 is 0.943 bits per heavy atom. The summed E-state index contributed by atoms with van der Waals surface area (Å²) in [5.41, 5.74) is 4.17. The summed E-state index contributed by atoms with van der Waals surface area (Å²) in [6.07, 6.45) is 1.52. The monoisotopic (exact) mass is 596 g/mol. The van der Waals surface area contributed by atoms with Gasteiger partial charge in [-0.1, -0.05) is 58.4 Å². The smallest absolute Gasteiger partial charge is 0.277 e. The zero-order valence-electron chi connectivity index (χ0n) is 18.8. The van der Waals surface area contributed by atoms with Crippen molar-refractivity contribution in [2.45, 2.75) is 6.61 Å². The molecule has 8 heteroatoms. The molecule has 0 aliphatic carbocycles. The molecular weight excluding hydrogens is 576 g/mol. The predicted octanol–water partition coefficient (Wildman–Crippen LogP) is 6.48. The van der Waals surface area contributed by atoms with Gasteiger partial charge in [-0.15, -0.1) is 0 Å². The number of hydrogen-bond donors (Lipinski definition) is 1. The number of hydrogen-bond acceptors (Lipinski definition) is 5. The lowest BCUT2D eigenvalue weighted by Gasteiger charge is -2.11. The molecule has 0 aliphatic heterocycles. The Hall–Kier alpha value is -3.36. The fourth-order valence-corrected chi connectivity index (χ4v) is 4.40. The lowest BCUT2D eigenvalue weighted by molar-refractivity contribution is -0.123. The first-order chi connectivity index (χ1) is 17.0. The second-order valence-corrected chi connectivity index (χ2v) is 9.21. The first-order valence-corrected chi connectivity index (χ1v) is 12.3. The van der Waals surface area contributed by atoms with Crippen molar-refractivity contribution in [2.24, 2.45) is 5.10 Å². The molecule has 0 atom stereocenters. The highest BCUT2D eigenvalue weighted by Crippen LogP contribution is 2.33. The van der Waals surface area contributed by atoms with Crippen LogP contribution < -0.4 is 19.6 Å². The van der Waals surface area contributed by atoms with Crippen LogP contribution in [-0.2, 0) is 11.4 Å². The van der Waals surface area contributed by atoms with Crippen molar-refractivity contribution in [2.75, 3.05) is 13.7 Å².